The monoisotopic (exact) mass is 500 g/mol. The van der Waals surface area contributed by atoms with Crippen LogP contribution < -0.4 is 9.47 Å². The number of nitrogens with zero attached hydrogens (tertiary/aromatic N) is 2. The summed E-state index contributed by atoms with van der Waals surface area (Å²) in [6.07, 6.45) is 0.703. The Kier molecular flexibility index (Phi) is 6.53. The van der Waals surface area contributed by atoms with E-state index in [2.05, 4.69) is 15.9 Å². The highest BCUT2D eigenvalue weighted by Gasteiger charge is 2.45. The molecule has 1 N–H and O–H groups in total. The van der Waals surface area contributed by atoms with E-state index in [1.54, 1.807) is 23.1 Å². The number of Topliss-reactive ketones (excluding diaryl/α,β-unsaturated/α-hetero) is 1. The number of ketones is 1. The van der Waals surface area contributed by atoms with Crippen LogP contribution in [0.15, 0.2) is 52.5 Å². The maximum absolute atomic E-state index is 13.1. The summed E-state index contributed by atoms with van der Waals surface area (Å²) in [4.78, 5) is 29.7. The van der Waals surface area contributed by atoms with Gasteiger partial charge in [-0.25, -0.2) is 0 Å². The highest BCUT2D eigenvalue weighted by Crippen LogP contribution is 2.41. The fourth-order valence-corrected chi connectivity index (χ4v) is 4.45. The van der Waals surface area contributed by atoms with Crippen molar-refractivity contribution < 1.29 is 24.2 Å². The highest BCUT2D eigenvalue weighted by molar-refractivity contribution is 9.10. The van der Waals surface area contributed by atoms with E-state index in [9.17, 15) is 14.7 Å². The lowest BCUT2D eigenvalue weighted by Gasteiger charge is -2.26. The number of hydrogen-bond acceptors (Lipinski definition) is 6. The average Bonchev–Trinajstić information content (AvgIpc) is 3.03. The molecule has 0 aliphatic carbocycles. The van der Waals surface area contributed by atoms with Gasteiger partial charge in [-0.2, -0.15) is 0 Å². The summed E-state index contributed by atoms with van der Waals surface area (Å²) in [6, 6.07) is 11.8. The molecule has 32 heavy (non-hydrogen) atoms. The van der Waals surface area contributed by atoms with E-state index < -0.39 is 17.7 Å². The van der Waals surface area contributed by atoms with Gasteiger partial charge in [0, 0.05) is 16.6 Å². The van der Waals surface area contributed by atoms with Gasteiger partial charge in [0.25, 0.3) is 11.7 Å². The molecule has 0 saturated carbocycles. The molecule has 1 fully saturated rings. The summed E-state index contributed by atoms with van der Waals surface area (Å²) in [5.41, 5.74) is 1.23. The molecule has 2 heterocycles. The van der Waals surface area contributed by atoms with Crippen LogP contribution in [0.2, 0.25) is 0 Å². The quantitative estimate of drug-likeness (QED) is 0.370. The van der Waals surface area contributed by atoms with E-state index in [0.717, 1.165) is 16.6 Å². The summed E-state index contributed by atoms with van der Waals surface area (Å²) in [6.45, 7) is 2.04. The van der Waals surface area contributed by atoms with E-state index in [0.29, 0.717) is 43.2 Å². The van der Waals surface area contributed by atoms with Gasteiger partial charge >= 0.3 is 0 Å². The van der Waals surface area contributed by atoms with Gasteiger partial charge in [0.1, 0.15) is 19.0 Å². The molecule has 0 radical (unpaired) electrons. The fraction of sp³-hybridized carbons (Fsp3) is 0.333. The molecule has 1 saturated heterocycles. The molecular formula is C24H25BrN2O5. The smallest absolute Gasteiger partial charge is 0.295 e. The maximum Gasteiger partial charge on any atom is 0.295 e. The molecule has 8 heteroatoms. The summed E-state index contributed by atoms with van der Waals surface area (Å²) in [5, 5.41) is 11.2. The van der Waals surface area contributed by atoms with Crippen LogP contribution in [0.3, 0.4) is 0 Å². The van der Waals surface area contributed by atoms with Crippen molar-refractivity contribution in [1.29, 1.82) is 0 Å². The van der Waals surface area contributed by atoms with Crippen LogP contribution in [0.4, 0.5) is 0 Å². The molecular weight excluding hydrogens is 476 g/mol. The van der Waals surface area contributed by atoms with E-state index in [-0.39, 0.29) is 11.3 Å². The Morgan fingerprint density at radius 2 is 1.88 bits per heavy atom. The van der Waals surface area contributed by atoms with Crippen molar-refractivity contribution in [2.45, 2.75) is 12.5 Å². The van der Waals surface area contributed by atoms with Crippen LogP contribution in [0.25, 0.3) is 5.76 Å². The van der Waals surface area contributed by atoms with Crippen LogP contribution in [-0.2, 0) is 9.59 Å². The number of carbonyl (C=O) groups is 2. The Bertz CT molecular complexity index is 1080. The number of rotatable bonds is 6. The number of ether oxygens (including phenoxy) is 2. The highest BCUT2D eigenvalue weighted by atomic mass is 79.9. The first-order chi connectivity index (χ1) is 15.4. The van der Waals surface area contributed by atoms with E-state index >= 15 is 0 Å². The van der Waals surface area contributed by atoms with Crippen molar-refractivity contribution in [2.75, 3.05) is 40.4 Å². The molecule has 2 aliphatic rings. The molecule has 168 valence electrons. The number of aliphatic hydroxyl groups excluding tert-OH is 1. The normalized spacial score (nSPS) is 19.6. The Labute approximate surface area is 195 Å². The second kappa shape index (κ2) is 9.34. The first-order valence-corrected chi connectivity index (χ1v) is 11.2. The number of hydrogen-bond donors (Lipinski definition) is 1. The summed E-state index contributed by atoms with van der Waals surface area (Å²) >= 11 is 3.47. The molecule has 0 aromatic heterocycles. The van der Waals surface area contributed by atoms with E-state index in [1.807, 2.05) is 43.3 Å². The first-order valence-electron chi connectivity index (χ1n) is 10.5. The zero-order chi connectivity index (χ0) is 22.8. The van der Waals surface area contributed by atoms with Crippen molar-refractivity contribution >= 4 is 33.4 Å². The average molecular weight is 501 g/mol. The predicted molar refractivity (Wildman–Crippen MR) is 124 cm³/mol. The lowest BCUT2D eigenvalue weighted by atomic mass is 9.95. The first kappa shape index (κ1) is 22.4. The van der Waals surface area contributed by atoms with E-state index in [4.69, 9.17) is 9.47 Å². The number of aliphatic hydroxyl groups is 1. The molecule has 4 rings (SSSR count). The number of halogens is 1. The second-order valence-electron chi connectivity index (χ2n) is 8.06. The summed E-state index contributed by atoms with van der Waals surface area (Å²) in [5.74, 6) is -0.430. The topological polar surface area (TPSA) is 79.3 Å². The van der Waals surface area contributed by atoms with Gasteiger partial charge in [0.15, 0.2) is 11.5 Å². The van der Waals surface area contributed by atoms with Crippen LogP contribution >= 0.6 is 15.9 Å². The van der Waals surface area contributed by atoms with Crippen LogP contribution in [0.1, 0.15) is 23.6 Å². The lowest BCUT2D eigenvalue weighted by Crippen LogP contribution is -2.32. The standard InChI is InChI=1S/C24H25BrN2O5/c1-26(2)9-4-10-27-21(15-5-3-6-17(25)13-15)20(23(29)24(27)30)22(28)16-7-8-18-19(14-16)32-12-11-31-18/h3,5-8,13-14,21,28H,4,9-12H2,1-2H3/b22-20-. The van der Waals surface area contributed by atoms with E-state index in [1.165, 1.54) is 0 Å². The zero-order valence-electron chi connectivity index (χ0n) is 18.0. The fourth-order valence-electron chi connectivity index (χ4n) is 4.04. The third-order valence-electron chi connectivity index (χ3n) is 5.52. The number of benzene rings is 2. The van der Waals surface area contributed by atoms with Crippen LogP contribution in [-0.4, -0.2) is 67.0 Å². The number of carbonyl (C=O) groups excluding carboxylic acids is 2. The third-order valence-corrected chi connectivity index (χ3v) is 6.02. The molecule has 7 nitrogen and oxygen atoms in total. The van der Waals surface area contributed by atoms with Gasteiger partial charge in [0.2, 0.25) is 0 Å². The molecule has 1 unspecified atom stereocenters. The zero-order valence-corrected chi connectivity index (χ0v) is 19.6. The molecule has 2 aromatic rings. The van der Waals surface area contributed by atoms with Crippen LogP contribution in [0.5, 0.6) is 11.5 Å². The predicted octanol–water partition coefficient (Wildman–Crippen LogP) is 3.59. The van der Waals surface area contributed by atoms with Crippen molar-refractivity contribution in [2.24, 2.45) is 0 Å². The van der Waals surface area contributed by atoms with Crippen molar-refractivity contribution in [3.05, 3.63) is 63.6 Å². The van der Waals surface area contributed by atoms with Gasteiger partial charge in [-0.3, -0.25) is 9.59 Å². The molecule has 2 aromatic carbocycles. The molecule has 0 bridgehead atoms. The van der Waals surface area contributed by atoms with Crippen molar-refractivity contribution in [1.82, 2.24) is 9.80 Å². The number of amides is 1. The van der Waals surface area contributed by atoms with Crippen LogP contribution in [0, 0.1) is 0 Å². The van der Waals surface area contributed by atoms with Gasteiger partial charge in [-0.1, -0.05) is 28.1 Å². The third kappa shape index (κ3) is 4.38. The minimum atomic E-state index is -0.688. The minimum absolute atomic E-state index is 0.0784. The minimum Gasteiger partial charge on any atom is -0.507 e. The molecule has 1 amide bonds. The Morgan fingerprint density at radius 1 is 1.12 bits per heavy atom. The van der Waals surface area contributed by atoms with Crippen molar-refractivity contribution in [3.63, 3.8) is 0 Å². The van der Waals surface area contributed by atoms with Crippen molar-refractivity contribution in [3.8, 4) is 11.5 Å². The van der Waals surface area contributed by atoms with Gasteiger partial charge in [-0.05, 0) is 63.0 Å². The summed E-state index contributed by atoms with van der Waals surface area (Å²) in [7, 11) is 3.92. The Morgan fingerprint density at radius 3 is 2.59 bits per heavy atom. The Balaban J connectivity index is 1.79. The molecule has 0 spiro atoms. The molecule has 1 atom stereocenters. The SMILES string of the molecule is CN(C)CCCN1C(=O)C(=O)/C(=C(\O)c2ccc3c(c2)OCCO3)C1c1cccc(Br)c1. The Hall–Kier alpha value is -2.84. The number of likely N-dealkylation sites (tertiary alicyclic amines) is 1. The van der Waals surface area contributed by atoms with Gasteiger partial charge in [-0.15, -0.1) is 0 Å². The maximum atomic E-state index is 13.1. The number of fused-ring (bicyclic) bond motifs is 1. The van der Waals surface area contributed by atoms with Gasteiger partial charge < -0.3 is 24.4 Å². The second-order valence-corrected chi connectivity index (χ2v) is 8.98. The largest absolute Gasteiger partial charge is 0.507 e. The summed E-state index contributed by atoms with van der Waals surface area (Å²) < 4.78 is 12.0. The molecule has 2 aliphatic heterocycles. The lowest BCUT2D eigenvalue weighted by molar-refractivity contribution is -0.139. The van der Waals surface area contributed by atoms with Gasteiger partial charge in [0.05, 0.1) is 11.6 Å².